The van der Waals surface area contributed by atoms with E-state index in [1.54, 1.807) is 18.2 Å². The van der Waals surface area contributed by atoms with Gasteiger partial charge in [0.2, 0.25) is 0 Å². The molecule has 2 nitrogen and oxygen atoms in total. The number of rotatable bonds is 6. The summed E-state index contributed by atoms with van der Waals surface area (Å²) in [6.45, 7) is 1.52. The minimum Gasteiger partial charge on any atom is -0.435 e. The molecule has 118 valence electrons. The summed E-state index contributed by atoms with van der Waals surface area (Å²) in [6.07, 6.45) is 6.57. The van der Waals surface area contributed by atoms with Crippen molar-refractivity contribution in [1.29, 1.82) is 0 Å². The average molecular weight is 297 g/mol. The van der Waals surface area contributed by atoms with Crippen molar-refractivity contribution < 1.29 is 13.5 Å². The van der Waals surface area contributed by atoms with E-state index in [0.29, 0.717) is 6.04 Å². The lowest BCUT2D eigenvalue weighted by Gasteiger charge is -2.31. The number of ether oxygens (including phenoxy) is 1. The Hall–Kier alpha value is -1.16. The molecule has 0 aliphatic heterocycles. The van der Waals surface area contributed by atoms with Crippen LogP contribution in [0.4, 0.5) is 8.78 Å². The van der Waals surface area contributed by atoms with Gasteiger partial charge in [-0.25, -0.2) is 0 Å². The van der Waals surface area contributed by atoms with Crippen LogP contribution in [0.15, 0.2) is 24.3 Å². The Kier molecular flexibility index (Phi) is 5.97. The van der Waals surface area contributed by atoms with Gasteiger partial charge in [-0.15, -0.1) is 0 Å². The Morgan fingerprint density at radius 2 is 1.86 bits per heavy atom. The minimum atomic E-state index is -2.77. The third-order valence-electron chi connectivity index (χ3n) is 4.45. The second-order valence-electron chi connectivity index (χ2n) is 6.03. The first-order valence-corrected chi connectivity index (χ1v) is 7.87. The zero-order valence-corrected chi connectivity index (χ0v) is 12.8. The van der Waals surface area contributed by atoms with Crippen LogP contribution in [0.1, 0.15) is 57.6 Å². The molecule has 2 atom stereocenters. The summed E-state index contributed by atoms with van der Waals surface area (Å²) in [6, 6.07) is 7.54. The summed E-state index contributed by atoms with van der Waals surface area (Å²) >= 11 is 0. The summed E-state index contributed by atoms with van der Waals surface area (Å²) in [4.78, 5) is 0. The molecule has 1 aromatic rings. The Morgan fingerprint density at radius 1 is 1.14 bits per heavy atom. The first kappa shape index (κ1) is 16.2. The second kappa shape index (κ2) is 7.74. The van der Waals surface area contributed by atoms with E-state index >= 15 is 0 Å². The molecule has 1 aliphatic rings. The molecule has 21 heavy (non-hydrogen) atoms. The molecule has 2 rings (SSSR count). The molecule has 0 aromatic heterocycles. The van der Waals surface area contributed by atoms with E-state index in [4.69, 9.17) is 0 Å². The van der Waals surface area contributed by atoms with Gasteiger partial charge in [-0.1, -0.05) is 31.4 Å². The molecule has 1 aliphatic carbocycles. The molecule has 0 bridgehead atoms. The van der Waals surface area contributed by atoms with Gasteiger partial charge < -0.3 is 10.1 Å². The van der Waals surface area contributed by atoms with E-state index < -0.39 is 6.61 Å². The fourth-order valence-electron chi connectivity index (χ4n) is 3.22. The standard InChI is InChI=1S/C17H25F2NO/c1-12(14-7-4-3-5-8-14)20-13(2)15-9-6-10-16(11-15)21-17(18)19/h6,9-14,17,20H,3-5,7-8H2,1-2H3/t12-,13?/m1/s1. The summed E-state index contributed by atoms with van der Waals surface area (Å²) in [5.74, 6) is 0.947. The topological polar surface area (TPSA) is 21.3 Å². The lowest BCUT2D eigenvalue weighted by atomic mass is 9.84. The highest BCUT2D eigenvalue weighted by Gasteiger charge is 2.21. The lowest BCUT2D eigenvalue weighted by Crippen LogP contribution is -2.36. The summed E-state index contributed by atoms with van der Waals surface area (Å²) < 4.78 is 29.0. The number of benzene rings is 1. The van der Waals surface area contributed by atoms with Gasteiger partial charge in [0.15, 0.2) is 0 Å². The van der Waals surface area contributed by atoms with Crippen LogP contribution in [-0.4, -0.2) is 12.7 Å². The van der Waals surface area contributed by atoms with Crippen molar-refractivity contribution in [3.63, 3.8) is 0 Å². The zero-order valence-electron chi connectivity index (χ0n) is 12.8. The maximum Gasteiger partial charge on any atom is 0.387 e. The van der Waals surface area contributed by atoms with Crippen LogP contribution < -0.4 is 10.1 Å². The predicted octanol–water partition coefficient (Wildman–Crippen LogP) is 4.91. The molecule has 4 heteroatoms. The highest BCUT2D eigenvalue weighted by molar-refractivity contribution is 5.30. The Bertz CT molecular complexity index is 433. The van der Waals surface area contributed by atoms with Crippen molar-refractivity contribution in [2.75, 3.05) is 0 Å². The van der Waals surface area contributed by atoms with Crippen molar-refractivity contribution in [3.8, 4) is 5.75 Å². The second-order valence-corrected chi connectivity index (χ2v) is 6.03. The van der Waals surface area contributed by atoms with Gasteiger partial charge in [-0.3, -0.25) is 0 Å². The van der Waals surface area contributed by atoms with Gasteiger partial charge >= 0.3 is 6.61 Å². The van der Waals surface area contributed by atoms with Crippen molar-refractivity contribution >= 4 is 0 Å². The Labute approximate surface area is 125 Å². The van der Waals surface area contributed by atoms with Crippen molar-refractivity contribution in [2.45, 2.75) is 64.6 Å². The number of hydrogen-bond acceptors (Lipinski definition) is 2. The summed E-state index contributed by atoms with van der Waals surface area (Å²) in [7, 11) is 0. The molecular weight excluding hydrogens is 272 g/mol. The molecule has 0 saturated heterocycles. The first-order chi connectivity index (χ1) is 10.1. The van der Waals surface area contributed by atoms with Crippen molar-refractivity contribution in [3.05, 3.63) is 29.8 Å². The fraction of sp³-hybridized carbons (Fsp3) is 0.647. The third kappa shape index (κ3) is 4.95. The average Bonchev–Trinajstić information content (AvgIpc) is 2.47. The lowest BCUT2D eigenvalue weighted by molar-refractivity contribution is -0.0499. The molecule has 0 radical (unpaired) electrons. The van der Waals surface area contributed by atoms with Gasteiger partial charge in [0.05, 0.1) is 0 Å². The van der Waals surface area contributed by atoms with Crippen LogP contribution in [0, 0.1) is 5.92 Å². The van der Waals surface area contributed by atoms with E-state index in [0.717, 1.165) is 11.5 Å². The maximum absolute atomic E-state index is 12.3. The summed E-state index contributed by atoms with van der Waals surface area (Å²) in [5, 5.41) is 3.60. The highest BCUT2D eigenvalue weighted by Crippen LogP contribution is 2.28. The number of halogens is 2. The fourth-order valence-corrected chi connectivity index (χ4v) is 3.22. The van der Waals surface area contributed by atoms with Gasteiger partial charge in [0.25, 0.3) is 0 Å². The van der Waals surface area contributed by atoms with Gasteiger partial charge in [0.1, 0.15) is 5.75 Å². The first-order valence-electron chi connectivity index (χ1n) is 7.87. The van der Waals surface area contributed by atoms with Crippen LogP contribution in [0.25, 0.3) is 0 Å². The van der Waals surface area contributed by atoms with E-state index in [9.17, 15) is 8.78 Å². The molecular formula is C17H25F2NO. The zero-order chi connectivity index (χ0) is 15.2. The van der Waals surface area contributed by atoms with E-state index in [1.165, 1.54) is 32.1 Å². The van der Waals surface area contributed by atoms with Crippen LogP contribution >= 0.6 is 0 Å². The largest absolute Gasteiger partial charge is 0.435 e. The van der Waals surface area contributed by atoms with E-state index in [-0.39, 0.29) is 11.8 Å². The third-order valence-corrected chi connectivity index (χ3v) is 4.45. The van der Waals surface area contributed by atoms with E-state index in [2.05, 4.69) is 23.9 Å². The van der Waals surface area contributed by atoms with Crippen LogP contribution in [0.2, 0.25) is 0 Å². The predicted molar refractivity (Wildman–Crippen MR) is 80.7 cm³/mol. The maximum atomic E-state index is 12.3. The van der Waals surface area contributed by atoms with Crippen LogP contribution in [0.3, 0.4) is 0 Å². The van der Waals surface area contributed by atoms with Crippen LogP contribution in [-0.2, 0) is 0 Å². The number of alkyl halides is 2. The smallest absolute Gasteiger partial charge is 0.387 e. The molecule has 1 unspecified atom stereocenters. The van der Waals surface area contributed by atoms with Gasteiger partial charge in [-0.05, 0) is 50.3 Å². The SMILES string of the molecule is CC(N[C@H](C)C1CCCCC1)c1cccc(OC(F)F)c1. The molecule has 1 N–H and O–H groups in total. The molecule has 0 amide bonds. The van der Waals surface area contributed by atoms with Crippen molar-refractivity contribution in [2.24, 2.45) is 5.92 Å². The van der Waals surface area contributed by atoms with Gasteiger partial charge in [0, 0.05) is 12.1 Å². The molecule has 1 aromatic carbocycles. The highest BCUT2D eigenvalue weighted by atomic mass is 19.3. The monoisotopic (exact) mass is 297 g/mol. The summed E-state index contributed by atoms with van der Waals surface area (Å²) in [5.41, 5.74) is 0.982. The van der Waals surface area contributed by atoms with E-state index in [1.807, 2.05) is 6.07 Å². The molecule has 0 heterocycles. The minimum absolute atomic E-state index is 0.128. The normalized spacial score (nSPS) is 19.5. The molecule has 0 spiro atoms. The molecule has 1 fully saturated rings. The number of nitrogens with one attached hydrogen (secondary N) is 1. The van der Waals surface area contributed by atoms with Crippen LogP contribution in [0.5, 0.6) is 5.75 Å². The van der Waals surface area contributed by atoms with Crippen molar-refractivity contribution in [1.82, 2.24) is 5.32 Å². The quantitative estimate of drug-likeness (QED) is 0.805. The molecule has 1 saturated carbocycles. The van der Waals surface area contributed by atoms with Gasteiger partial charge in [-0.2, -0.15) is 8.78 Å². The Morgan fingerprint density at radius 3 is 2.52 bits per heavy atom. The Balaban J connectivity index is 1.94. The number of hydrogen-bond donors (Lipinski definition) is 1.